The lowest BCUT2D eigenvalue weighted by Crippen LogP contribution is -2.29. The number of nitrogens with zero attached hydrogens (tertiary/aromatic N) is 2. The van der Waals surface area contributed by atoms with Crippen molar-refractivity contribution in [3.05, 3.63) is 65.2 Å². The van der Waals surface area contributed by atoms with E-state index in [1.165, 1.54) is 18.1 Å². The Kier molecular flexibility index (Phi) is 3.64. The van der Waals surface area contributed by atoms with E-state index in [0.29, 0.717) is 34.3 Å². The number of hydrogen-bond acceptors (Lipinski definition) is 5. The molecule has 4 heterocycles. The van der Waals surface area contributed by atoms with Gasteiger partial charge < -0.3 is 18.8 Å². The monoisotopic (exact) mass is 402 g/mol. The molecule has 0 N–H and O–H groups in total. The van der Waals surface area contributed by atoms with Crippen LogP contribution in [0.4, 0.5) is 18.9 Å². The largest absolute Gasteiger partial charge is 0.481 e. The van der Waals surface area contributed by atoms with Crippen molar-refractivity contribution in [2.24, 2.45) is 0 Å². The van der Waals surface area contributed by atoms with Gasteiger partial charge in [0.25, 0.3) is 0 Å². The van der Waals surface area contributed by atoms with Crippen molar-refractivity contribution in [1.82, 2.24) is 4.98 Å². The van der Waals surface area contributed by atoms with E-state index in [1.54, 1.807) is 30.3 Å². The van der Waals surface area contributed by atoms with E-state index >= 15 is 0 Å². The molecular weight excluding hydrogens is 389 g/mol. The van der Waals surface area contributed by atoms with Crippen LogP contribution in [0, 0.1) is 0 Å². The van der Waals surface area contributed by atoms with Crippen LogP contribution in [0.3, 0.4) is 0 Å². The van der Waals surface area contributed by atoms with Crippen LogP contribution in [0.15, 0.2) is 46.9 Å². The van der Waals surface area contributed by atoms with Crippen LogP contribution in [0.5, 0.6) is 17.4 Å². The number of halogens is 3. The summed E-state index contributed by atoms with van der Waals surface area (Å²) in [7, 11) is 1.47. The Balaban J connectivity index is 1.57. The van der Waals surface area contributed by atoms with Crippen LogP contribution in [0.25, 0.3) is 0 Å². The SMILES string of the molecule is COc1ccc2c(n1)C1C(=O)N(Cc3ccc(C(F)(F)F)o3)c3cccc(c31)O2. The van der Waals surface area contributed by atoms with Gasteiger partial charge in [-0.05, 0) is 30.3 Å². The summed E-state index contributed by atoms with van der Waals surface area (Å²) in [6.07, 6.45) is -4.59. The van der Waals surface area contributed by atoms with Crippen molar-refractivity contribution in [3.8, 4) is 17.4 Å². The number of rotatable bonds is 3. The number of furan rings is 1. The van der Waals surface area contributed by atoms with E-state index < -0.39 is 17.9 Å². The van der Waals surface area contributed by atoms with Gasteiger partial charge in [-0.25, -0.2) is 4.98 Å². The van der Waals surface area contributed by atoms with Gasteiger partial charge in [0.1, 0.15) is 28.9 Å². The second-order valence-corrected chi connectivity index (χ2v) is 6.65. The lowest BCUT2D eigenvalue weighted by atomic mass is 9.93. The normalized spacial score (nSPS) is 17.0. The van der Waals surface area contributed by atoms with Crippen LogP contribution in [-0.2, 0) is 17.5 Å². The number of hydrogen-bond donors (Lipinski definition) is 0. The third-order valence-electron chi connectivity index (χ3n) is 4.95. The quantitative estimate of drug-likeness (QED) is 0.646. The van der Waals surface area contributed by atoms with Gasteiger partial charge in [0.2, 0.25) is 17.5 Å². The number of pyridine rings is 1. The molecule has 0 aliphatic carbocycles. The molecule has 3 aromatic rings. The first kappa shape index (κ1) is 17.6. The van der Waals surface area contributed by atoms with Crippen molar-refractivity contribution in [1.29, 1.82) is 0 Å². The fourth-order valence-electron chi connectivity index (χ4n) is 3.70. The summed E-state index contributed by atoms with van der Waals surface area (Å²) in [6.45, 7) is -0.138. The molecule has 1 amide bonds. The van der Waals surface area contributed by atoms with Gasteiger partial charge in [-0.2, -0.15) is 13.2 Å². The van der Waals surface area contributed by atoms with E-state index in [4.69, 9.17) is 13.9 Å². The molecule has 1 aromatic carbocycles. The molecular formula is C20H13F3N2O4. The second kappa shape index (κ2) is 6.00. The summed E-state index contributed by atoms with van der Waals surface area (Å²) < 4.78 is 54.5. The van der Waals surface area contributed by atoms with E-state index in [9.17, 15) is 18.0 Å². The molecule has 1 atom stereocenters. The third kappa shape index (κ3) is 2.65. The van der Waals surface area contributed by atoms with Gasteiger partial charge in [-0.3, -0.25) is 4.79 Å². The first-order valence-corrected chi connectivity index (χ1v) is 8.70. The number of amides is 1. The molecule has 1 unspecified atom stereocenters. The number of aromatic nitrogens is 1. The zero-order chi connectivity index (χ0) is 20.3. The molecule has 0 fully saturated rings. The maximum absolute atomic E-state index is 13.3. The summed E-state index contributed by atoms with van der Waals surface area (Å²) in [5, 5.41) is 0. The number of benzene rings is 1. The van der Waals surface area contributed by atoms with Gasteiger partial charge >= 0.3 is 6.18 Å². The number of carbonyl (C=O) groups excluding carboxylic acids is 1. The lowest BCUT2D eigenvalue weighted by Gasteiger charge is -2.22. The average molecular weight is 402 g/mol. The number of alkyl halides is 3. The van der Waals surface area contributed by atoms with Gasteiger partial charge in [0, 0.05) is 11.6 Å². The average Bonchev–Trinajstić information content (AvgIpc) is 3.28. The van der Waals surface area contributed by atoms with Gasteiger partial charge in [0.15, 0.2) is 0 Å². The zero-order valence-corrected chi connectivity index (χ0v) is 15.0. The predicted octanol–water partition coefficient (Wildman–Crippen LogP) is 4.49. The van der Waals surface area contributed by atoms with E-state index in [0.717, 1.165) is 6.07 Å². The number of fused-ring (bicyclic) bond motifs is 2. The molecule has 29 heavy (non-hydrogen) atoms. The highest BCUT2D eigenvalue weighted by Crippen LogP contribution is 2.53. The number of methoxy groups -OCH3 is 1. The topological polar surface area (TPSA) is 64.8 Å². The molecule has 6 nitrogen and oxygen atoms in total. The first-order chi connectivity index (χ1) is 13.9. The second-order valence-electron chi connectivity index (χ2n) is 6.65. The van der Waals surface area contributed by atoms with Crippen LogP contribution in [-0.4, -0.2) is 18.0 Å². The van der Waals surface area contributed by atoms with Gasteiger partial charge in [-0.15, -0.1) is 0 Å². The van der Waals surface area contributed by atoms with Crippen LogP contribution in [0.1, 0.15) is 28.7 Å². The summed E-state index contributed by atoms with van der Waals surface area (Å²) in [5.41, 5.74) is 1.60. The summed E-state index contributed by atoms with van der Waals surface area (Å²) in [5.74, 6) is -0.831. The molecule has 2 aliphatic rings. The Labute approximate surface area is 162 Å². The highest BCUT2D eigenvalue weighted by molar-refractivity contribution is 6.08. The highest BCUT2D eigenvalue weighted by atomic mass is 19.4. The van der Waals surface area contributed by atoms with Crippen LogP contribution < -0.4 is 14.4 Å². The molecule has 0 radical (unpaired) electrons. The standard InChI is InChI=1S/C20H13F3N2O4/c1-27-15-8-6-13-18(24-15)17-16-11(3-2-4-12(16)29-13)25(19(17)26)9-10-5-7-14(28-10)20(21,22)23/h2-8,17H,9H2,1H3. The molecule has 9 heteroatoms. The number of carbonyl (C=O) groups is 1. The molecule has 0 saturated heterocycles. The Morgan fingerprint density at radius 2 is 1.97 bits per heavy atom. The summed E-state index contributed by atoms with van der Waals surface area (Å²) in [6, 6.07) is 10.6. The summed E-state index contributed by atoms with van der Waals surface area (Å²) >= 11 is 0. The Morgan fingerprint density at radius 1 is 1.14 bits per heavy atom. The fraction of sp³-hybridized carbons (Fsp3) is 0.200. The first-order valence-electron chi connectivity index (χ1n) is 8.70. The maximum atomic E-state index is 13.3. The van der Waals surface area contributed by atoms with Crippen molar-refractivity contribution in [3.63, 3.8) is 0 Å². The van der Waals surface area contributed by atoms with Crippen molar-refractivity contribution < 1.29 is 31.9 Å². The van der Waals surface area contributed by atoms with Crippen molar-refractivity contribution in [2.75, 3.05) is 12.0 Å². The zero-order valence-electron chi connectivity index (χ0n) is 15.0. The number of anilines is 1. The van der Waals surface area contributed by atoms with Crippen LogP contribution in [0.2, 0.25) is 0 Å². The minimum atomic E-state index is -4.59. The molecule has 0 saturated carbocycles. The molecule has 0 bridgehead atoms. The fourth-order valence-corrected chi connectivity index (χ4v) is 3.70. The molecule has 2 aromatic heterocycles. The van der Waals surface area contributed by atoms with Gasteiger partial charge in [0.05, 0.1) is 19.3 Å². The molecule has 5 rings (SSSR count). The Hall–Kier alpha value is -3.49. The van der Waals surface area contributed by atoms with E-state index in [1.807, 2.05) is 0 Å². The van der Waals surface area contributed by atoms with Crippen molar-refractivity contribution >= 4 is 11.6 Å². The van der Waals surface area contributed by atoms with Crippen LogP contribution >= 0.6 is 0 Å². The summed E-state index contributed by atoms with van der Waals surface area (Å²) in [4.78, 5) is 19.0. The highest BCUT2D eigenvalue weighted by Gasteiger charge is 2.46. The minimum Gasteiger partial charge on any atom is -0.481 e. The lowest BCUT2D eigenvalue weighted by molar-refractivity contribution is -0.153. The molecule has 2 aliphatic heterocycles. The molecule has 148 valence electrons. The molecule has 0 spiro atoms. The Morgan fingerprint density at radius 3 is 2.69 bits per heavy atom. The van der Waals surface area contributed by atoms with E-state index in [-0.39, 0.29) is 18.2 Å². The third-order valence-corrected chi connectivity index (χ3v) is 4.95. The maximum Gasteiger partial charge on any atom is 0.449 e. The minimum absolute atomic E-state index is 0.0293. The number of ether oxygens (including phenoxy) is 2. The smallest absolute Gasteiger partial charge is 0.449 e. The van der Waals surface area contributed by atoms with Gasteiger partial charge in [-0.1, -0.05) is 6.07 Å². The van der Waals surface area contributed by atoms with Crippen molar-refractivity contribution in [2.45, 2.75) is 18.6 Å². The predicted molar refractivity (Wildman–Crippen MR) is 94.0 cm³/mol. The van der Waals surface area contributed by atoms with E-state index in [2.05, 4.69) is 4.98 Å². The Bertz CT molecular complexity index is 1140.